The Morgan fingerprint density at radius 2 is 1.52 bits per heavy atom. The summed E-state index contributed by atoms with van der Waals surface area (Å²) in [6.45, 7) is 9.03. The summed E-state index contributed by atoms with van der Waals surface area (Å²) >= 11 is 0. The average molecular weight is 289 g/mol. The summed E-state index contributed by atoms with van der Waals surface area (Å²) in [5, 5.41) is 0. The van der Waals surface area contributed by atoms with Gasteiger partial charge in [-0.25, -0.2) is 0 Å². The van der Waals surface area contributed by atoms with E-state index in [1.807, 2.05) is 0 Å². The van der Waals surface area contributed by atoms with Crippen LogP contribution in [0.1, 0.15) is 91.9 Å². The quantitative estimate of drug-likeness (QED) is 0.302. The summed E-state index contributed by atoms with van der Waals surface area (Å²) < 4.78 is 0. The van der Waals surface area contributed by atoms with Crippen molar-refractivity contribution in [3.8, 4) is 24.2 Å². The molecule has 0 bridgehead atoms. The molecule has 0 aliphatic carbocycles. The molecule has 0 aromatic heterocycles. The standard InChI is InChI=1S/C21H36/c1-6-9-10-11-12-13-14-15-16-17-20(7-2)21(8-3)18-19(4)5/h2,19-21H,6,8-15,18H2,1,3-5H3. The van der Waals surface area contributed by atoms with E-state index in [9.17, 15) is 0 Å². The van der Waals surface area contributed by atoms with Crippen LogP contribution < -0.4 is 0 Å². The lowest BCUT2D eigenvalue weighted by Crippen LogP contribution is -2.13. The van der Waals surface area contributed by atoms with E-state index in [4.69, 9.17) is 6.42 Å². The summed E-state index contributed by atoms with van der Waals surface area (Å²) in [5.41, 5.74) is 0. The Labute approximate surface area is 134 Å². The third-order valence-corrected chi connectivity index (χ3v) is 4.11. The number of unbranched alkanes of at least 4 members (excludes halogenated alkanes) is 7. The van der Waals surface area contributed by atoms with Crippen LogP contribution in [0.4, 0.5) is 0 Å². The lowest BCUT2D eigenvalue weighted by molar-refractivity contribution is 0.366. The number of hydrogen-bond donors (Lipinski definition) is 0. The Morgan fingerprint density at radius 3 is 2.05 bits per heavy atom. The third kappa shape index (κ3) is 11.5. The maximum absolute atomic E-state index is 5.68. The van der Waals surface area contributed by atoms with E-state index in [-0.39, 0.29) is 5.92 Å². The predicted molar refractivity (Wildman–Crippen MR) is 95.9 cm³/mol. The first kappa shape index (κ1) is 20.1. The molecule has 0 N–H and O–H groups in total. The molecular formula is C21H36. The van der Waals surface area contributed by atoms with Crippen molar-refractivity contribution in [1.29, 1.82) is 0 Å². The number of rotatable bonds is 11. The molecule has 0 heterocycles. The second-order valence-corrected chi connectivity index (χ2v) is 6.63. The summed E-state index contributed by atoms with van der Waals surface area (Å²) in [5.74, 6) is 11.0. The van der Waals surface area contributed by atoms with Gasteiger partial charge in [-0.3, -0.25) is 0 Å². The third-order valence-electron chi connectivity index (χ3n) is 4.11. The van der Waals surface area contributed by atoms with Crippen molar-refractivity contribution >= 4 is 0 Å². The van der Waals surface area contributed by atoms with Crippen LogP contribution in [-0.2, 0) is 0 Å². The topological polar surface area (TPSA) is 0 Å². The normalized spacial score (nSPS) is 13.3. The zero-order valence-corrected chi connectivity index (χ0v) is 14.9. The van der Waals surface area contributed by atoms with E-state index in [0.29, 0.717) is 11.8 Å². The van der Waals surface area contributed by atoms with Crippen LogP contribution in [0.25, 0.3) is 0 Å². The first-order valence-electron chi connectivity index (χ1n) is 9.10. The van der Waals surface area contributed by atoms with Gasteiger partial charge in [-0.1, -0.05) is 84.5 Å². The molecule has 120 valence electrons. The molecule has 0 radical (unpaired) electrons. The van der Waals surface area contributed by atoms with Crippen molar-refractivity contribution in [2.45, 2.75) is 91.9 Å². The molecule has 0 aliphatic rings. The van der Waals surface area contributed by atoms with E-state index in [1.54, 1.807) is 0 Å². The van der Waals surface area contributed by atoms with Crippen molar-refractivity contribution in [2.24, 2.45) is 17.8 Å². The van der Waals surface area contributed by atoms with Crippen LogP contribution in [0.15, 0.2) is 0 Å². The Hall–Kier alpha value is -0.880. The van der Waals surface area contributed by atoms with Gasteiger partial charge in [-0.2, -0.15) is 0 Å². The number of terminal acetylenes is 1. The Morgan fingerprint density at radius 1 is 0.905 bits per heavy atom. The van der Waals surface area contributed by atoms with Crippen LogP contribution in [0, 0.1) is 41.9 Å². The molecule has 0 aromatic rings. The molecule has 0 amide bonds. The van der Waals surface area contributed by atoms with Crippen LogP contribution in [0.2, 0.25) is 0 Å². The van der Waals surface area contributed by atoms with Crippen molar-refractivity contribution in [3.63, 3.8) is 0 Å². The van der Waals surface area contributed by atoms with E-state index in [1.165, 1.54) is 51.4 Å². The molecule has 0 fully saturated rings. The second kappa shape index (κ2) is 14.1. The minimum Gasteiger partial charge on any atom is -0.119 e. The van der Waals surface area contributed by atoms with Crippen molar-refractivity contribution < 1.29 is 0 Å². The zero-order valence-electron chi connectivity index (χ0n) is 14.9. The van der Waals surface area contributed by atoms with Gasteiger partial charge >= 0.3 is 0 Å². The maximum Gasteiger partial charge on any atom is 0.0836 e. The van der Waals surface area contributed by atoms with Crippen molar-refractivity contribution in [1.82, 2.24) is 0 Å². The Balaban J connectivity index is 3.91. The minimum atomic E-state index is 0.155. The molecule has 0 aliphatic heterocycles. The fraction of sp³-hybridized carbons (Fsp3) is 0.810. The van der Waals surface area contributed by atoms with Gasteiger partial charge in [0.2, 0.25) is 0 Å². The summed E-state index contributed by atoms with van der Waals surface area (Å²) in [4.78, 5) is 0. The van der Waals surface area contributed by atoms with Gasteiger partial charge in [0.1, 0.15) is 0 Å². The van der Waals surface area contributed by atoms with Gasteiger partial charge in [-0.05, 0) is 24.7 Å². The fourth-order valence-corrected chi connectivity index (χ4v) is 2.79. The molecule has 0 saturated heterocycles. The van der Waals surface area contributed by atoms with E-state index in [0.717, 1.165) is 12.8 Å². The summed E-state index contributed by atoms with van der Waals surface area (Å²) in [6.07, 6.45) is 18.5. The summed E-state index contributed by atoms with van der Waals surface area (Å²) in [7, 11) is 0. The Bertz CT molecular complexity index is 320. The van der Waals surface area contributed by atoms with Gasteiger partial charge in [0.15, 0.2) is 0 Å². The molecule has 0 saturated carbocycles. The monoisotopic (exact) mass is 288 g/mol. The lowest BCUT2D eigenvalue weighted by atomic mass is 9.84. The SMILES string of the molecule is C#CC(C#CCCCCCCCCC)C(CC)CC(C)C. The lowest BCUT2D eigenvalue weighted by Gasteiger charge is -2.19. The second-order valence-electron chi connectivity index (χ2n) is 6.63. The van der Waals surface area contributed by atoms with Crippen LogP contribution in [-0.4, -0.2) is 0 Å². The highest BCUT2D eigenvalue weighted by Crippen LogP contribution is 2.23. The molecule has 21 heavy (non-hydrogen) atoms. The van der Waals surface area contributed by atoms with Crippen LogP contribution >= 0.6 is 0 Å². The maximum atomic E-state index is 5.68. The highest BCUT2D eigenvalue weighted by molar-refractivity contribution is 5.16. The molecule has 0 nitrogen and oxygen atoms in total. The molecular weight excluding hydrogens is 252 g/mol. The van der Waals surface area contributed by atoms with Crippen molar-refractivity contribution in [2.75, 3.05) is 0 Å². The summed E-state index contributed by atoms with van der Waals surface area (Å²) in [6, 6.07) is 0. The molecule has 0 aromatic carbocycles. The fourth-order valence-electron chi connectivity index (χ4n) is 2.79. The van der Waals surface area contributed by atoms with Gasteiger partial charge in [-0.15, -0.1) is 12.3 Å². The van der Waals surface area contributed by atoms with Crippen LogP contribution in [0.5, 0.6) is 0 Å². The predicted octanol–water partition coefficient (Wildman–Crippen LogP) is 6.45. The van der Waals surface area contributed by atoms with Gasteiger partial charge in [0.25, 0.3) is 0 Å². The van der Waals surface area contributed by atoms with E-state index in [2.05, 4.69) is 45.5 Å². The zero-order chi connectivity index (χ0) is 15.9. The van der Waals surface area contributed by atoms with E-state index >= 15 is 0 Å². The number of hydrogen-bond acceptors (Lipinski definition) is 0. The van der Waals surface area contributed by atoms with E-state index < -0.39 is 0 Å². The molecule has 2 unspecified atom stereocenters. The van der Waals surface area contributed by atoms with Crippen molar-refractivity contribution in [3.05, 3.63) is 0 Å². The average Bonchev–Trinajstić information content (AvgIpc) is 2.47. The molecule has 0 spiro atoms. The highest BCUT2D eigenvalue weighted by atomic mass is 14.2. The smallest absolute Gasteiger partial charge is 0.0836 e. The largest absolute Gasteiger partial charge is 0.119 e. The van der Waals surface area contributed by atoms with Gasteiger partial charge < -0.3 is 0 Å². The minimum absolute atomic E-state index is 0.155. The molecule has 2 atom stereocenters. The van der Waals surface area contributed by atoms with Crippen LogP contribution in [0.3, 0.4) is 0 Å². The first-order valence-corrected chi connectivity index (χ1v) is 9.10. The Kier molecular flexibility index (Phi) is 13.5. The molecule has 0 rings (SSSR count). The highest BCUT2D eigenvalue weighted by Gasteiger charge is 2.16. The first-order chi connectivity index (χ1) is 10.2. The van der Waals surface area contributed by atoms with Gasteiger partial charge in [0.05, 0.1) is 5.92 Å². The molecule has 0 heteroatoms. The van der Waals surface area contributed by atoms with Gasteiger partial charge in [0, 0.05) is 6.42 Å².